The highest BCUT2D eigenvalue weighted by molar-refractivity contribution is 5.99. The monoisotopic (exact) mass is 573 g/mol. The van der Waals surface area contributed by atoms with Gasteiger partial charge in [0.2, 0.25) is 0 Å². The van der Waals surface area contributed by atoms with Gasteiger partial charge in [-0.1, -0.05) is 44.2 Å². The zero-order chi connectivity index (χ0) is 30.1. The summed E-state index contributed by atoms with van der Waals surface area (Å²) >= 11 is 0. The van der Waals surface area contributed by atoms with Gasteiger partial charge in [-0.25, -0.2) is 4.79 Å². The predicted molar refractivity (Wildman–Crippen MR) is 166 cm³/mol. The number of amides is 3. The molecule has 0 saturated heterocycles. The second kappa shape index (κ2) is 14.8. The number of hydrogen-bond donors (Lipinski definition) is 2. The molecule has 1 aliphatic heterocycles. The van der Waals surface area contributed by atoms with Crippen LogP contribution in [0, 0.1) is 5.92 Å². The van der Waals surface area contributed by atoms with Crippen molar-refractivity contribution in [3.05, 3.63) is 78.0 Å². The molecule has 224 valence electrons. The standard InChI is InChI=1S/C33H43N5O4/c1-6-16-35-33(40)36-27-14-15-30-28(18-27)32(39)37(4)21-31(41-5)23(2)19-38(24(3)22-42-30)20-25-10-12-26(13-11-25)29-9-7-8-17-34-29/h7-15,17-18,23-24,31H,6,16,19-22H2,1-5H3,(H2,35,36,40)/t23-,24-,31-/m0/s1. The number of likely N-dealkylation sites (N-methyl/N-ethyl adjacent to an activating group) is 1. The van der Waals surface area contributed by atoms with E-state index >= 15 is 0 Å². The van der Waals surface area contributed by atoms with Gasteiger partial charge in [0, 0.05) is 63.8 Å². The summed E-state index contributed by atoms with van der Waals surface area (Å²) in [5, 5.41) is 5.61. The number of rotatable bonds is 7. The molecule has 1 aromatic heterocycles. The van der Waals surface area contributed by atoms with E-state index < -0.39 is 0 Å². The number of aromatic nitrogens is 1. The third kappa shape index (κ3) is 8.08. The summed E-state index contributed by atoms with van der Waals surface area (Å²) in [5.41, 5.74) is 4.15. The smallest absolute Gasteiger partial charge is 0.319 e. The third-order valence-electron chi connectivity index (χ3n) is 7.67. The van der Waals surface area contributed by atoms with Crippen molar-refractivity contribution in [1.29, 1.82) is 0 Å². The summed E-state index contributed by atoms with van der Waals surface area (Å²) in [6.45, 7) is 9.19. The zero-order valence-corrected chi connectivity index (χ0v) is 25.3. The Morgan fingerprint density at radius 1 is 1.10 bits per heavy atom. The second-order valence-electron chi connectivity index (χ2n) is 11.0. The Bertz CT molecular complexity index is 1320. The van der Waals surface area contributed by atoms with Gasteiger partial charge >= 0.3 is 6.03 Å². The van der Waals surface area contributed by atoms with Crippen molar-refractivity contribution in [2.75, 3.05) is 45.7 Å². The maximum atomic E-state index is 13.6. The van der Waals surface area contributed by atoms with Crippen LogP contribution in [0.4, 0.5) is 10.5 Å². The van der Waals surface area contributed by atoms with Crippen LogP contribution in [-0.4, -0.2) is 79.3 Å². The molecule has 0 saturated carbocycles. The summed E-state index contributed by atoms with van der Waals surface area (Å²) in [6, 6.07) is 19.4. The summed E-state index contributed by atoms with van der Waals surface area (Å²) in [5.74, 6) is 0.449. The average Bonchev–Trinajstić information content (AvgIpc) is 3.01. The molecule has 0 aliphatic carbocycles. The minimum atomic E-state index is -0.308. The maximum absolute atomic E-state index is 13.6. The van der Waals surface area contributed by atoms with Crippen LogP contribution in [0.25, 0.3) is 11.3 Å². The molecular formula is C33H43N5O4. The van der Waals surface area contributed by atoms with Gasteiger partial charge in [0.05, 0.1) is 17.4 Å². The van der Waals surface area contributed by atoms with E-state index in [1.54, 1.807) is 43.5 Å². The van der Waals surface area contributed by atoms with Gasteiger partial charge in [0.1, 0.15) is 12.4 Å². The van der Waals surface area contributed by atoms with Crippen molar-refractivity contribution >= 4 is 17.6 Å². The summed E-state index contributed by atoms with van der Waals surface area (Å²) in [4.78, 5) is 34.4. The van der Waals surface area contributed by atoms with Gasteiger partial charge in [0.15, 0.2) is 0 Å². The van der Waals surface area contributed by atoms with Gasteiger partial charge < -0.3 is 25.0 Å². The molecule has 3 aromatic rings. The topological polar surface area (TPSA) is 96.0 Å². The lowest BCUT2D eigenvalue weighted by Crippen LogP contribution is -2.46. The SMILES string of the molecule is CCCNC(=O)Nc1ccc2c(c1)C(=O)N(C)C[C@H](OC)[C@@H](C)CN(Cc1ccc(-c3ccccn3)cc1)[C@@H](C)CO2. The molecular weight excluding hydrogens is 530 g/mol. The summed E-state index contributed by atoms with van der Waals surface area (Å²) in [7, 11) is 3.47. The molecule has 2 heterocycles. The number of carbonyl (C=O) groups excluding carboxylic acids is 2. The minimum absolute atomic E-state index is 0.0538. The number of urea groups is 1. The van der Waals surface area contributed by atoms with E-state index in [9.17, 15) is 9.59 Å². The van der Waals surface area contributed by atoms with Crippen LogP contribution < -0.4 is 15.4 Å². The molecule has 0 radical (unpaired) electrons. The molecule has 0 bridgehead atoms. The van der Waals surface area contributed by atoms with Gasteiger partial charge in [-0.05, 0) is 55.2 Å². The van der Waals surface area contributed by atoms with E-state index in [2.05, 4.69) is 58.6 Å². The first-order valence-electron chi connectivity index (χ1n) is 14.6. The van der Waals surface area contributed by atoms with Crippen molar-refractivity contribution in [2.45, 2.75) is 45.9 Å². The maximum Gasteiger partial charge on any atom is 0.319 e. The number of fused-ring (bicyclic) bond motifs is 1. The van der Waals surface area contributed by atoms with E-state index in [0.29, 0.717) is 36.7 Å². The van der Waals surface area contributed by atoms with Crippen LogP contribution in [0.1, 0.15) is 43.1 Å². The first kappa shape index (κ1) is 31.0. The molecule has 4 rings (SSSR count). The highest BCUT2D eigenvalue weighted by Gasteiger charge is 2.28. The first-order chi connectivity index (χ1) is 20.3. The highest BCUT2D eigenvalue weighted by atomic mass is 16.5. The number of carbonyl (C=O) groups is 2. The Morgan fingerprint density at radius 3 is 2.57 bits per heavy atom. The van der Waals surface area contributed by atoms with Crippen LogP contribution in [0.5, 0.6) is 5.75 Å². The number of hydrogen-bond acceptors (Lipinski definition) is 6. The van der Waals surface area contributed by atoms with E-state index in [0.717, 1.165) is 30.8 Å². The van der Waals surface area contributed by atoms with Crippen molar-refractivity contribution in [3.63, 3.8) is 0 Å². The fourth-order valence-corrected chi connectivity index (χ4v) is 5.11. The largest absolute Gasteiger partial charge is 0.491 e. The number of benzene rings is 2. The van der Waals surface area contributed by atoms with Crippen LogP contribution in [0.2, 0.25) is 0 Å². The van der Waals surface area contributed by atoms with Crippen LogP contribution in [0.3, 0.4) is 0 Å². The lowest BCUT2D eigenvalue weighted by Gasteiger charge is -2.36. The Hall–Kier alpha value is -3.95. The number of anilines is 1. The van der Waals surface area contributed by atoms with Gasteiger partial charge in [-0.3, -0.25) is 14.7 Å². The number of methoxy groups -OCH3 is 1. The molecule has 3 amide bonds. The number of nitrogens with zero attached hydrogens (tertiary/aromatic N) is 3. The Morgan fingerprint density at radius 2 is 1.88 bits per heavy atom. The molecule has 1 aliphatic rings. The first-order valence-corrected chi connectivity index (χ1v) is 14.6. The van der Waals surface area contributed by atoms with Gasteiger partial charge in [-0.2, -0.15) is 0 Å². The molecule has 9 nitrogen and oxygen atoms in total. The Kier molecular flexibility index (Phi) is 10.9. The Labute approximate surface area is 249 Å². The number of ether oxygens (including phenoxy) is 2. The average molecular weight is 574 g/mol. The fraction of sp³-hybridized carbons (Fsp3) is 0.424. The minimum Gasteiger partial charge on any atom is -0.491 e. The summed E-state index contributed by atoms with van der Waals surface area (Å²) < 4.78 is 12.2. The van der Waals surface area contributed by atoms with E-state index in [4.69, 9.17) is 9.47 Å². The molecule has 0 spiro atoms. The van der Waals surface area contributed by atoms with Crippen molar-refractivity contribution in [3.8, 4) is 17.0 Å². The van der Waals surface area contributed by atoms with Crippen LogP contribution >= 0.6 is 0 Å². The van der Waals surface area contributed by atoms with E-state index in [1.807, 2.05) is 25.1 Å². The molecule has 3 atom stereocenters. The molecule has 9 heteroatoms. The van der Waals surface area contributed by atoms with Gasteiger partial charge in [0.25, 0.3) is 5.91 Å². The second-order valence-corrected chi connectivity index (χ2v) is 11.0. The number of pyridine rings is 1. The van der Waals surface area contributed by atoms with Crippen LogP contribution in [0.15, 0.2) is 66.9 Å². The fourth-order valence-electron chi connectivity index (χ4n) is 5.11. The normalized spacial score (nSPS) is 20.1. The van der Waals surface area contributed by atoms with Crippen molar-refractivity contribution in [2.24, 2.45) is 5.92 Å². The zero-order valence-electron chi connectivity index (χ0n) is 25.3. The third-order valence-corrected chi connectivity index (χ3v) is 7.67. The lowest BCUT2D eigenvalue weighted by molar-refractivity contribution is 0.00922. The lowest BCUT2D eigenvalue weighted by atomic mass is 10.0. The molecule has 42 heavy (non-hydrogen) atoms. The van der Waals surface area contributed by atoms with Crippen molar-refractivity contribution in [1.82, 2.24) is 20.1 Å². The molecule has 2 aromatic carbocycles. The molecule has 0 unspecified atom stereocenters. The highest BCUT2D eigenvalue weighted by Crippen LogP contribution is 2.27. The predicted octanol–water partition coefficient (Wildman–Crippen LogP) is 5.29. The number of nitrogens with one attached hydrogen (secondary N) is 2. The quantitative estimate of drug-likeness (QED) is 0.399. The Balaban J connectivity index is 1.57. The van der Waals surface area contributed by atoms with Crippen molar-refractivity contribution < 1.29 is 19.1 Å². The molecule has 2 N–H and O–H groups in total. The summed E-state index contributed by atoms with van der Waals surface area (Å²) in [6.07, 6.45) is 2.48. The molecule has 0 fully saturated rings. The van der Waals surface area contributed by atoms with E-state index in [-0.39, 0.29) is 30.0 Å². The van der Waals surface area contributed by atoms with Crippen LogP contribution in [-0.2, 0) is 11.3 Å². The van der Waals surface area contributed by atoms with E-state index in [1.165, 1.54) is 5.56 Å². The van der Waals surface area contributed by atoms with Gasteiger partial charge in [-0.15, -0.1) is 0 Å².